The molecule has 2 fully saturated rings. The summed E-state index contributed by atoms with van der Waals surface area (Å²) >= 11 is 0. The van der Waals surface area contributed by atoms with Gasteiger partial charge in [-0.25, -0.2) is 9.97 Å². The molecule has 0 saturated heterocycles. The molecule has 2 saturated carbocycles. The molecule has 7 nitrogen and oxygen atoms in total. The van der Waals surface area contributed by atoms with Crippen LogP contribution in [0, 0.1) is 17.8 Å². The van der Waals surface area contributed by atoms with E-state index in [-0.39, 0.29) is 17.8 Å². The number of amides is 1. The van der Waals surface area contributed by atoms with Gasteiger partial charge in [0.15, 0.2) is 0 Å². The maximum Gasteiger partial charge on any atom is 0.260 e. The molecule has 2 aliphatic carbocycles. The molecule has 3 rings (SSSR count). The number of hydrogen-bond acceptors (Lipinski definition) is 6. The molecule has 1 amide bonds. The molecule has 4 unspecified atom stereocenters. The van der Waals surface area contributed by atoms with E-state index in [0.29, 0.717) is 36.2 Å². The van der Waals surface area contributed by atoms with Crippen molar-refractivity contribution in [3.8, 4) is 5.88 Å². The summed E-state index contributed by atoms with van der Waals surface area (Å²) in [7, 11) is 1.51. The van der Waals surface area contributed by atoms with Gasteiger partial charge in [-0.05, 0) is 56.9 Å². The third kappa shape index (κ3) is 3.53. The van der Waals surface area contributed by atoms with Crippen LogP contribution in [0.4, 0.5) is 5.82 Å². The molecule has 4 atom stereocenters. The third-order valence-electron chi connectivity index (χ3n) is 5.90. The summed E-state index contributed by atoms with van der Waals surface area (Å²) in [4.78, 5) is 21.5. The smallest absolute Gasteiger partial charge is 0.260 e. The van der Waals surface area contributed by atoms with E-state index in [9.17, 15) is 4.79 Å². The fraction of sp³-hybridized carbons (Fsp3) is 0.632. The second-order valence-corrected chi connectivity index (χ2v) is 7.28. The zero-order valence-electron chi connectivity index (χ0n) is 15.8. The molecule has 26 heavy (non-hydrogen) atoms. The number of ether oxygens (including phenoxy) is 1. The van der Waals surface area contributed by atoms with Crippen LogP contribution in [-0.2, 0) is 0 Å². The van der Waals surface area contributed by atoms with E-state index in [1.807, 2.05) is 13.0 Å². The van der Waals surface area contributed by atoms with Crippen molar-refractivity contribution >= 4 is 11.7 Å². The number of nitrogens with two attached hydrogens (primary N) is 1. The molecular formula is C19H29N5O2. The first kappa shape index (κ1) is 18.6. The monoisotopic (exact) mass is 359 g/mol. The lowest BCUT2D eigenvalue weighted by molar-refractivity contribution is 0.0901. The Labute approximate surface area is 154 Å². The Balaban J connectivity index is 1.84. The predicted octanol–water partition coefficient (Wildman–Crippen LogP) is 2.31. The van der Waals surface area contributed by atoms with Crippen LogP contribution < -0.4 is 21.1 Å². The fourth-order valence-corrected chi connectivity index (χ4v) is 4.46. The highest BCUT2D eigenvalue weighted by Crippen LogP contribution is 2.48. The van der Waals surface area contributed by atoms with Crippen molar-refractivity contribution in [1.29, 1.82) is 0 Å². The quantitative estimate of drug-likeness (QED) is 0.690. The van der Waals surface area contributed by atoms with Gasteiger partial charge >= 0.3 is 0 Å². The third-order valence-corrected chi connectivity index (χ3v) is 5.90. The van der Waals surface area contributed by atoms with Crippen LogP contribution in [0.15, 0.2) is 18.1 Å². The average molecular weight is 359 g/mol. The first-order valence-electron chi connectivity index (χ1n) is 9.41. The van der Waals surface area contributed by atoms with Gasteiger partial charge in [0.05, 0.1) is 7.11 Å². The average Bonchev–Trinajstić information content (AvgIpc) is 3.24. The highest BCUT2D eigenvalue weighted by atomic mass is 16.5. The van der Waals surface area contributed by atoms with Crippen molar-refractivity contribution in [1.82, 2.24) is 15.3 Å². The minimum atomic E-state index is -0.183. The zero-order valence-corrected chi connectivity index (χ0v) is 15.8. The molecule has 1 aromatic heterocycles. The predicted molar refractivity (Wildman–Crippen MR) is 101 cm³/mol. The van der Waals surface area contributed by atoms with Gasteiger partial charge in [-0.1, -0.05) is 13.0 Å². The molecule has 0 spiro atoms. The summed E-state index contributed by atoms with van der Waals surface area (Å²) in [5.74, 6) is 2.36. The van der Waals surface area contributed by atoms with E-state index >= 15 is 0 Å². The van der Waals surface area contributed by atoms with Crippen molar-refractivity contribution < 1.29 is 9.53 Å². The van der Waals surface area contributed by atoms with Crippen LogP contribution in [0.3, 0.4) is 0 Å². The van der Waals surface area contributed by atoms with E-state index in [2.05, 4.69) is 27.5 Å². The van der Waals surface area contributed by atoms with Gasteiger partial charge in [0, 0.05) is 11.7 Å². The Morgan fingerprint density at radius 2 is 2.15 bits per heavy atom. The van der Waals surface area contributed by atoms with Crippen LogP contribution in [0.1, 0.15) is 49.9 Å². The largest absolute Gasteiger partial charge is 0.480 e. The number of rotatable bonds is 7. The minimum absolute atomic E-state index is 0.183. The number of anilines is 1. The van der Waals surface area contributed by atoms with Gasteiger partial charge in [0.2, 0.25) is 5.88 Å². The lowest BCUT2D eigenvalue weighted by atomic mass is 9.86. The summed E-state index contributed by atoms with van der Waals surface area (Å²) in [5.41, 5.74) is 6.91. The normalized spacial score (nSPS) is 27.5. The summed E-state index contributed by atoms with van der Waals surface area (Å²) in [6.07, 6.45) is 7.71. The molecule has 4 N–H and O–H groups in total. The van der Waals surface area contributed by atoms with Gasteiger partial charge in [0.1, 0.15) is 17.7 Å². The number of fused-ring (bicyclic) bond motifs is 2. The molecule has 1 aromatic rings. The van der Waals surface area contributed by atoms with Gasteiger partial charge in [-0.3, -0.25) is 4.79 Å². The molecular weight excluding hydrogens is 330 g/mol. The Hall–Kier alpha value is -2.15. The highest BCUT2D eigenvalue weighted by Gasteiger charge is 2.46. The molecule has 1 heterocycles. The molecule has 142 valence electrons. The van der Waals surface area contributed by atoms with E-state index < -0.39 is 0 Å². The number of aromatic nitrogens is 2. The van der Waals surface area contributed by atoms with Gasteiger partial charge in [-0.15, -0.1) is 0 Å². The van der Waals surface area contributed by atoms with Gasteiger partial charge < -0.3 is 21.1 Å². The maximum atomic E-state index is 13.1. The van der Waals surface area contributed by atoms with E-state index in [0.717, 1.165) is 11.6 Å². The van der Waals surface area contributed by atoms with Gasteiger partial charge in [0.25, 0.3) is 5.91 Å². The number of nitrogens with zero attached hydrogens (tertiary/aromatic N) is 2. The summed E-state index contributed by atoms with van der Waals surface area (Å²) < 4.78 is 5.34. The molecule has 7 heteroatoms. The fourth-order valence-electron chi connectivity index (χ4n) is 4.46. The topological polar surface area (TPSA) is 102 Å². The van der Waals surface area contributed by atoms with Crippen LogP contribution in [-0.4, -0.2) is 35.6 Å². The summed E-state index contributed by atoms with van der Waals surface area (Å²) in [6.45, 7) is 4.68. The second-order valence-electron chi connectivity index (χ2n) is 7.28. The number of allylic oxidation sites excluding steroid dienone is 1. The highest BCUT2D eigenvalue weighted by molar-refractivity contribution is 6.01. The number of methoxy groups -OCH3 is 1. The van der Waals surface area contributed by atoms with E-state index in [4.69, 9.17) is 10.5 Å². The van der Waals surface area contributed by atoms with Crippen LogP contribution in [0.5, 0.6) is 5.88 Å². The molecule has 2 aliphatic rings. The second kappa shape index (κ2) is 8.03. The SMILES string of the molecule is C/C=C(\CCN)Nc1ncnc(OC)c1C(=O)NC1C2CCC(C2)C1C. The number of carbonyl (C=O) groups is 1. The molecule has 0 aromatic carbocycles. The Bertz CT molecular complexity index is 689. The summed E-state index contributed by atoms with van der Waals surface area (Å²) in [6, 6.07) is 0.212. The van der Waals surface area contributed by atoms with Gasteiger partial charge in [-0.2, -0.15) is 0 Å². The van der Waals surface area contributed by atoms with Crippen molar-refractivity contribution in [2.75, 3.05) is 19.0 Å². The lowest BCUT2D eigenvalue weighted by Gasteiger charge is -2.29. The standard InChI is InChI=1S/C19H29N5O2/c1-4-14(7-8-20)23-17-15(19(26-3)22-10-21-17)18(25)24-16-11(2)12-5-6-13(16)9-12/h4,10-13,16H,5-9,20H2,1-3H3,(H,24,25)(H,21,22,23)/b14-4+. The van der Waals surface area contributed by atoms with Crippen LogP contribution in [0.25, 0.3) is 0 Å². The Morgan fingerprint density at radius 1 is 1.38 bits per heavy atom. The Kier molecular flexibility index (Phi) is 5.76. The zero-order chi connectivity index (χ0) is 18.7. The van der Waals surface area contributed by atoms with Crippen molar-refractivity contribution in [2.24, 2.45) is 23.5 Å². The van der Waals surface area contributed by atoms with Crippen LogP contribution >= 0.6 is 0 Å². The summed E-state index contributed by atoms with van der Waals surface area (Å²) in [5, 5.41) is 6.44. The maximum absolute atomic E-state index is 13.1. The van der Waals surface area contributed by atoms with E-state index in [1.165, 1.54) is 32.7 Å². The first-order chi connectivity index (χ1) is 12.6. The number of hydrogen-bond donors (Lipinski definition) is 3. The number of nitrogens with one attached hydrogen (secondary N) is 2. The van der Waals surface area contributed by atoms with Crippen molar-refractivity contribution in [3.05, 3.63) is 23.7 Å². The minimum Gasteiger partial charge on any atom is -0.480 e. The lowest BCUT2D eigenvalue weighted by Crippen LogP contribution is -2.43. The molecule has 0 radical (unpaired) electrons. The molecule has 0 aliphatic heterocycles. The Morgan fingerprint density at radius 3 is 2.77 bits per heavy atom. The van der Waals surface area contributed by atoms with Crippen molar-refractivity contribution in [3.63, 3.8) is 0 Å². The number of carbonyl (C=O) groups excluding carboxylic acids is 1. The van der Waals surface area contributed by atoms with E-state index in [1.54, 1.807) is 0 Å². The first-order valence-corrected chi connectivity index (χ1v) is 9.41. The van der Waals surface area contributed by atoms with Crippen LogP contribution in [0.2, 0.25) is 0 Å². The molecule has 2 bridgehead atoms. The van der Waals surface area contributed by atoms with Crippen molar-refractivity contribution in [2.45, 2.75) is 45.6 Å².